The summed E-state index contributed by atoms with van der Waals surface area (Å²) < 4.78 is 1.50. The second-order valence-corrected chi connectivity index (χ2v) is 9.07. The second kappa shape index (κ2) is 7.40. The Morgan fingerprint density at radius 2 is 2.00 bits per heavy atom. The van der Waals surface area contributed by atoms with Crippen molar-refractivity contribution < 1.29 is 9.59 Å². The summed E-state index contributed by atoms with van der Waals surface area (Å²) in [5, 5.41) is 5.57. The molecule has 3 rings (SSSR count). The maximum absolute atomic E-state index is 12.8. The molecule has 0 saturated carbocycles. The minimum absolute atomic E-state index is 0.0589. The van der Waals surface area contributed by atoms with Crippen molar-refractivity contribution in [1.82, 2.24) is 20.2 Å². The molecule has 0 aliphatic heterocycles. The summed E-state index contributed by atoms with van der Waals surface area (Å²) in [6.07, 6.45) is 3.03. The second-order valence-electron chi connectivity index (χ2n) is 6.67. The quantitative estimate of drug-likeness (QED) is 0.613. The van der Waals surface area contributed by atoms with E-state index in [4.69, 9.17) is 0 Å². The van der Waals surface area contributed by atoms with Crippen molar-refractivity contribution in [2.24, 2.45) is 7.05 Å². The van der Waals surface area contributed by atoms with Crippen LogP contribution in [0.5, 0.6) is 0 Å². The van der Waals surface area contributed by atoms with Crippen molar-refractivity contribution in [1.29, 1.82) is 0 Å². The van der Waals surface area contributed by atoms with Crippen molar-refractivity contribution in [2.75, 3.05) is 0 Å². The van der Waals surface area contributed by atoms with Crippen LogP contribution in [0.4, 0.5) is 4.79 Å². The zero-order chi connectivity index (χ0) is 19.0. The third-order valence-corrected chi connectivity index (χ3v) is 6.54. The fraction of sp³-hybridized carbons (Fsp3) is 0.529. The van der Waals surface area contributed by atoms with Crippen molar-refractivity contribution in [3.8, 4) is 0 Å². The van der Waals surface area contributed by atoms with Crippen LogP contribution in [-0.2, 0) is 24.7 Å². The lowest BCUT2D eigenvalue weighted by molar-refractivity contribution is -0.119. The standard InChI is InChI=1S/C17H22N4O3S2/c1-8(2)18-16(24)19-13(22)9(3)25-17-20-14-12(15(23)21(17)4)10-6-5-7-11(10)26-14/h8-9H,5-7H2,1-4H3,(H2,18,19,22,24)/t9-/m0/s1. The maximum Gasteiger partial charge on any atom is 0.321 e. The van der Waals surface area contributed by atoms with Gasteiger partial charge in [-0.05, 0) is 45.6 Å². The molecule has 1 atom stereocenters. The highest BCUT2D eigenvalue weighted by Crippen LogP contribution is 2.35. The number of thioether (sulfide) groups is 1. The van der Waals surface area contributed by atoms with E-state index in [1.54, 1.807) is 25.3 Å². The zero-order valence-corrected chi connectivity index (χ0v) is 16.8. The molecule has 140 valence electrons. The van der Waals surface area contributed by atoms with Crippen LogP contribution >= 0.6 is 23.1 Å². The lowest BCUT2D eigenvalue weighted by atomic mass is 10.2. The van der Waals surface area contributed by atoms with Crippen molar-refractivity contribution >= 4 is 45.3 Å². The maximum atomic E-state index is 12.8. The summed E-state index contributed by atoms with van der Waals surface area (Å²) in [7, 11) is 1.67. The number of hydrogen-bond donors (Lipinski definition) is 2. The molecule has 0 unspecified atom stereocenters. The predicted molar refractivity (Wildman–Crippen MR) is 104 cm³/mol. The summed E-state index contributed by atoms with van der Waals surface area (Å²) in [6.45, 7) is 5.32. The van der Waals surface area contributed by atoms with Gasteiger partial charge >= 0.3 is 6.03 Å². The number of aromatic nitrogens is 2. The van der Waals surface area contributed by atoms with Gasteiger partial charge in [-0.15, -0.1) is 11.3 Å². The van der Waals surface area contributed by atoms with E-state index in [0.29, 0.717) is 5.16 Å². The summed E-state index contributed by atoms with van der Waals surface area (Å²) in [6, 6.07) is -0.583. The highest BCUT2D eigenvalue weighted by Gasteiger charge is 2.24. The number of imide groups is 1. The van der Waals surface area contributed by atoms with Gasteiger partial charge < -0.3 is 5.32 Å². The molecule has 1 aliphatic carbocycles. The van der Waals surface area contributed by atoms with Gasteiger partial charge in [-0.1, -0.05) is 11.8 Å². The Hall–Kier alpha value is -1.87. The van der Waals surface area contributed by atoms with E-state index in [1.807, 2.05) is 13.8 Å². The van der Waals surface area contributed by atoms with E-state index in [2.05, 4.69) is 15.6 Å². The molecule has 0 bridgehead atoms. The number of amides is 3. The normalized spacial score (nSPS) is 14.5. The van der Waals surface area contributed by atoms with Gasteiger partial charge in [-0.25, -0.2) is 9.78 Å². The van der Waals surface area contributed by atoms with Crippen LogP contribution in [0, 0.1) is 0 Å². The number of urea groups is 1. The number of nitrogens with zero attached hydrogens (tertiary/aromatic N) is 2. The van der Waals surface area contributed by atoms with Crippen LogP contribution in [0.25, 0.3) is 10.2 Å². The molecule has 0 radical (unpaired) electrons. The molecule has 3 amide bonds. The number of rotatable bonds is 4. The number of carbonyl (C=O) groups is 2. The van der Waals surface area contributed by atoms with Gasteiger partial charge in [0.25, 0.3) is 5.56 Å². The van der Waals surface area contributed by atoms with Crippen LogP contribution in [0.3, 0.4) is 0 Å². The Labute approximate surface area is 159 Å². The monoisotopic (exact) mass is 394 g/mol. The van der Waals surface area contributed by atoms with Crippen LogP contribution in [0.15, 0.2) is 9.95 Å². The van der Waals surface area contributed by atoms with E-state index in [0.717, 1.165) is 35.0 Å². The molecule has 1 aliphatic rings. The van der Waals surface area contributed by atoms with Gasteiger partial charge in [0, 0.05) is 18.0 Å². The SMILES string of the molecule is CC(C)NC(=O)NC(=O)[C@H](C)Sc1nc2sc3c(c2c(=O)n1C)CCC3. The molecule has 0 aromatic carbocycles. The summed E-state index contributed by atoms with van der Waals surface area (Å²) in [4.78, 5) is 43.3. The lowest BCUT2D eigenvalue weighted by Crippen LogP contribution is -2.45. The molecular weight excluding hydrogens is 372 g/mol. The zero-order valence-electron chi connectivity index (χ0n) is 15.2. The van der Waals surface area contributed by atoms with E-state index in [-0.39, 0.29) is 11.6 Å². The minimum atomic E-state index is -0.560. The molecule has 2 heterocycles. The fourth-order valence-electron chi connectivity index (χ4n) is 2.93. The molecule has 2 aromatic heterocycles. The first-order valence-corrected chi connectivity index (χ1v) is 10.3. The number of aryl methyl sites for hydroxylation is 2. The molecule has 0 fully saturated rings. The lowest BCUT2D eigenvalue weighted by Gasteiger charge is -2.14. The number of carbonyl (C=O) groups excluding carboxylic acids is 2. The third kappa shape index (κ3) is 3.64. The van der Waals surface area contributed by atoms with E-state index in [1.165, 1.54) is 21.2 Å². The topological polar surface area (TPSA) is 93.1 Å². The molecule has 7 nitrogen and oxygen atoms in total. The Kier molecular flexibility index (Phi) is 5.38. The molecular formula is C17H22N4O3S2. The van der Waals surface area contributed by atoms with Gasteiger partial charge in [0.15, 0.2) is 5.16 Å². The molecule has 26 heavy (non-hydrogen) atoms. The van der Waals surface area contributed by atoms with Gasteiger partial charge in [-0.2, -0.15) is 0 Å². The van der Waals surface area contributed by atoms with Crippen LogP contribution in [0.1, 0.15) is 37.6 Å². The summed E-state index contributed by atoms with van der Waals surface area (Å²) >= 11 is 2.75. The van der Waals surface area contributed by atoms with Crippen molar-refractivity contribution in [3.05, 3.63) is 20.8 Å². The summed E-state index contributed by atoms with van der Waals surface area (Å²) in [5.74, 6) is -0.420. The smallest absolute Gasteiger partial charge is 0.321 e. The first kappa shape index (κ1) is 18.9. The van der Waals surface area contributed by atoms with Crippen molar-refractivity contribution in [2.45, 2.75) is 56.5 Å². The number of thiophene rings is 1. The van der Waals surface area contributed by atoms with Crippen LogP contribution in [0.2, 0.25) is 0 Å². The van der Waals surface area contributed by atoms with Crippen LogP contribution < -0.4 is 16.2 Å². The molecule has 2 N–H and O–H groups in total. The fourth-order valence-corrected chi connectivity index (χ4v) is 5.11. The molecule has 2 aromatic rings. The van der Waals surface area contributed by atoms with Gasteiger partial charge in [0.1, 0.15) is 4.83 Å². The number of hydrogen-bond acceptors (Lipinski definition) is 6. The Morgan fingerprint density at radius 3 is 2.69 bits per heavy atom. The van der Waals surface area contributed by atoms with Crippen LogP contribution in [-0.4, -0.2) is 32.8 Å². The molecule has 0 spiro atoms. The predicted octanol–water partition coefficient (Wildman–Crippen LogP) is 2.20. The largest absolute Gasteiger partial charge is 0.336 e. The first-order chi connectivity index (χ1) is 12.3. The highest BCUT2D eigenvalue weighted by molar-refractivity contribution is 8.00. The number of fused-ring (bicyclic) bond motifs is 3. The average Bonchev–Trinajstić information content (AvgIpc) is 3.11. The van der Waals surface area contributed by atoms with Gasteiger partial charge in [0.05, 0.1) is 10.6 Å². The summed E-state index contributed by atoms with van der Waals surface area (Å²) in [5.41, 5.74) is 1.08. The van der Waals surface area contributed by atoms with Crippen molar-refractivity contribution in [3.63, 3.8) is 0 Å². The van der Waals surface area contributed by atoms with E-state index < -0.39 is 17.2 Å². The average molecular weight is 395 g/mol. The molecule has 9 heteroatoms. The Balaban J connectivity index is 1.80. The third-order valence-electron chi connectivity index (χ3n) is 4.21. The minimum Gasteiger partial charge on any atom is -0.336 e. The van der Waals surface area contributed by atoms with Gasteiger partial charge in [0.2, 0.25) is 5.91 Å². The first-order valence-electron chi connectivity index (χ1n) is 8.57. The number of nitrogens with one attached hydrogen (secondary N) is 2. The Morgan fingerprint density at radius 1 is 1.27 bits per heavy atom. The highest BCUT2D eigenvalue weighted by atomic mass is 32.2. The molecule has 0 saturated heterocycles. The van der Waals surface area contributed by atoms with E-state index >= 15 is 0 Å². The van der Waals surface area contributed by atoms with Gasteiger partial charge in [-0.3, -0.25) is 19.5 Å². The van der Waals surface area contributed by atoms with E-state index in [9.17, 15) is 14.4 Å². The Bertz CT molecular complexity index is 932.